The summed E-state index contributed by atoms with van der Waals surface area (Å²) in [6.07, 6.45) is 3.41. The molecule has 2 unspecified atom stereocenters. The number of piperidine rings is 1. The van der Waals surface area contributed by atoms with Gasteiger partial charge in [-0.15, -0.1) is 0 Å². The lowest BCUT2D eigenvalue weighted by atomic mass is 10.0. The summed E-state index contributed by atoms with van der Waals surface area (Å²) < 4.78 is 0. The average Bonchev–Trinajstić information content (AvgIpc) is 2.54. The van der Waals surface area contributed by atoms with E-state index in [0.717, 1.165) is 24.5 Å². The van der Waals surface area contributed by atoms with Crippen LogP contribution in [0.5, 0.6) is 0 Å². The molecule has 2 N–H and O–H groups in total. The Bertz CT molecular complexity index is 506. The molecule has 5 heteroatoms. The van der Waals surface area contributed by atoms with Crippen LogP contribution in [0, 0.1) is 0 Å². The summed E-state index contributed by atoms with van der Waals surface area (Å²) in [5, 5.41) is 7.13. The van der Waals surface area contributed by atoms with Crippen LogP contribution >= 0.6 is 12.2 Å². The molecule has 1 amide bonds. The highest BCUT2D eigenvalue weighted by atomic mass is 32.1. The maximum Gasteiger partial charge on any atom is 0.216 e. The molecular weight excluding hydrogens is 294 g/mol. The number of carbonyl (C=O) groups excluding carboxylic acids is 1. The van der Waals surface area contributed by atoms with E-state index < -0.39 is 0 Å². The molecule has 4 nitrogen and oxygen atoms in total. The van der Waals surface area contributed by atoms with Gasteiger partial charge >= 0.3 is 0 Å². The van der Waals surface area contributed by atoms with E-state index in [4.69, 9.17) is 12.2 Å². The zero-order valence-corrected chi connectivity index (χ0v) is 14.2. The topological polar surface area (TPSA) is 44.4 Å². The minimum absolute atomic E-state index is 0.0158. The Labute approximate surface area is 138 Å². The molecule has 1 aliphatic heterocycles. The number of rotatable bonds is 4. The third kappa shape index (κ3) is 4.70. The summed E-state index contributed by atoms with van der Waals surface area (Å²) in [6.45, 7) is 5.30. The van der Waals surface area contributed by atoms with Crippen molar-refractivity contribution in [1.82, 2.24) is 15.5 Å². The van der Waals surface area contributed by atoms with Gasteiger partial charge in [0.15, 0.2) is 5.11 Å². The Kier molecular flexibility index (Phi) is 6.19. The van der Waals surface area contributed by atoms with E-state index in [1.165, 1.54) is 12.0 Å². The summed E-state index contributed by atoms with van der Waals surface area (Å²) >= 11 is 5.61. The Balaban J connectivity index is 1.95. The summed E-state index contributed by atoms with van der Waals surface area (Å²) in [4.78, 5) is 13.4. The average molecular weight is 319 g/mol. The normalized spacial score (nSPS) is 19.4. The maximum atomic E-state index is 11.1. The number of benzene rings is 1. The van der Waals surface area contributed by atoms with Gasteiger partial charge in [-0.2, -0.15) is 0 Å². The standard InChI is InChI=1S/C17H25N3OS/c1-13(15-8-4-3-5-9-15)19-17(22)20-11-7-6-10-16(20)12-18-14(2)21/h3-5,8-9,13,16H,6-7,10-12H2,1-2H3,(H,18,21)(H,19,22). The summed E-state index contributed by atoms with van der Waals surface area (Å²) in [6, 6.07) is 10.8. The van der Waals surface area contributed by atoms with Crippen LogP contribution in [-0.4, -0.2) is 35.1 Å². The Morgan fingerprint density at radius 2 is 2.09 bits per heavy atom. The van der Waals surface area contributed by atoms with Crippen molar-refractivity contribution in [3.8, 4) is 0 Å². The molecule has 1 aliphatic rings. The molecule has 1 aromatic carbocycles. The lowest BCUT2D eigenvalue weighted by Crippen LogP contribution is -2.52. The van der Waals surface area contributed by atoms with Crippen LogP contribution in [0.4, 0.5) is 0 Å². The number of thiocarbonyl (C=S) groups is 1. The maximum absolute atomic E-state index is 11.1. The lowest BCUT2D eigenvalue weighted by molar-refractivity contribution is -0.119. The predicted molar refractivity (Wildman–Crippen MR) is 93.6 cm³/mol. The van der Waals surface area contributed by atoms with Crippen molar-refractivity contribution in [2.24, 2.45) is 0 Å². The molecule has 1 saturated heterocycles. The van der Waals surface area contributed by atoms with Gasteiger partial charge < -0.3 is 15.5 Å². The Hall–Kier alpha value is -1.62. The van der Waals surface area contributed by atoms with E-state index in [-0.39, 0.29) is 11.9 Å². The minimum atomic E-state index is 0.0158. The first kappa shape index (κ1) is 16.7. The Morgan fingerprint density at radius 1 is 1.36 bits per heavy atom. The molecule has 120 valence electrons. The minimum Gasteiger partial charge on any atom is -0.356 e. The van der Waals surface area contributed by atoms with Crippen LogP contribution in [0.25, 0.3) is 0 Å². The van der Waals surface area contributed by atoms with Gasteiger partial charge in [-0.05, 0) is 44.0 Å². The van der Waals surface area contributed by atoms with E-state index in [9.17, 15) is 4.79 Å². The SMILES string of the molecule is CC(=O)NCC1CCCCN1C(=S)NC(C)c1ccccc1. The van der Waals surface area contributed by atoms with E-state index in [0.29, 0.717) is 12.6 Å². The van der Waals surface area contributed by atoms with Gasteiger partial charge in [0.25, 0.3) is 0 Å². The van der Waals surface area contributed by atoms with Gasteiger partial charge in [0, 0.05) is 26.1 Å². The number of hydrogen-bond acceptors (Lipinski definition) is 2. The van der Waals surface area contributed by atoms with E-state index in [1.807, 2.05) is 18.2 Å². The number of nitrogens with zero attached hydrogens (tertiary/aromatic N) is 1. The van der Waals surface area contributed by atoms with Crippen molar-refractivity contribution < 1.29 is 4.79 Å². The third-order valence-corrected chi connectivity index (χ3v) is 4.47. The van der Waals surface area contributed by atoms with Crippen LogP contribution in [0.15, 0.2) is 30.3 Å². The highest BCUT2D eigenvalue weighted by Crippen LogP contribution is 2.18. The second-order valence-corrected chi connectivity index (χ2v) is 6.25. The van der Waals surface area contributed by atoms with Crippen molar-refractivity contribution >= 4 is 23.2 Å². The monoisotopic (exact) mass is 319 g/mol. The van der Waals surface area contributed by atoms with Crippen LogP contribution < -0.4 is 10.6 Å². The fourth-order valence-electron chi connectivity index (χ4n) is 2.83. The molecule has 0 spiro atoms. The van der Waals surface area contributed by atoms with Gasteiger partial charge in [-0.25, -0.2) is 0 Å². The van der Waals surface area contributed by atoms with Crippen LogP contribution in [0.3, 0.4) is 0 Å². The lowest BCUT2D eigenvalue weighted by Gasteiger charge is -2.38. The fraction of sp³-hybridized carbons (Fsp3) is 0.529. The highest BCUT2D eigenvalue weighted by molar-refractivity contribution is 7.80. The molecule has 0 saturated carbocycles. The van der Waals surface area contributed by atoms with Crippen LogP contribution in [0.1, 0.15) is 44.7 Å². The van der Waals surface area contributed by atoms with Gasteiger partial charge in [0.2, 0.25) is 5.91 Å². The zero-order chi connectivity index (χ0) is 15.9. The van der Waals surface area contributed by atoms with Crippen LogP contribution in [0.2, 0.25) is 0 Å². The smallest absolute Gasteiger partial charge is 0.216 e. The molecule has 1 aromatic rings. The zero-order valence-electron chi connectivity index (χ0n) is 13.3. The molecule has 1 heterocycles. The molecular formula is C17H25N3OS. The second-order valence-electron chi connectivity index (χ2n) is 5.86. The van der Waals surface area contributed by atoms with Crippen molar-refractivity contribution in [1.29, 1.82) is 0 Å². The fourth-order valence-corrected chi connectivity index (χ4v) is 3.25. The number of carbonyl (C=O) groups is 1. The third-order valence-electron chi connectivity index (χ3n) is 4.11. The van der Waals surface area contributed by atoms with Gasteiger partial charge in [-0.1, -0.05) is 30.3 Å². The molecule has 0 aliphatic carbocycles. The molecule has 0 aromatic heterocycles. The predicted octanol–water partition coefficient (Wildman–Crippen LogP) is 2.61. The van der Waals surface area contributed by atoms with E-state index in [2.05, 4.69) is 34.6 Å². The molecule has 2 atom stereocenters. The second kappa shape index (κ2) is 8.13. The summed E-state index contributed by atoms with van der Waals surface area (Å²) in [5.41, 5.74) is 1.22. The van der Waals surface area contributed by atoms with E-state index >= 15 is 0 Å². The first-order valence-corrected chi connectivity index (χ1v) is 8.35. The summed E-state index contributed by atoms with van der Waals surface area (Å²) in [7, 11) is 0. The molecule has 2 rings (SSSR count). The molecule has 1 fully saturated rings. The molecule has 0 bridgehead atoms. The Morgan fingerprint density at radius 3 is 2.77 bits per heavy atom. The van der Waals surface area contributed by atoms with Gasteiger partial charge in [-0.3, -0.25) is 4.79 Å². The number of amides is 1. The van der Waals surface area contributed by atoms with Crippen molar-refractivity contribution in [2.75, 3.05) is 13.1 Å². The molecule has 22 heavy (non-hydrogen) atoms. The van der Waals surface area contributed by atoms with Crippen molar-refractivity contribution in [3.05, 3.63) is 35.9 Å². The highest BCUT2D eigenvalue weighted by Gasteiger charge is 2.25. The number of likely N-dealkylation sites (tertiary alicyclic amines) is 1. The molecule has 0 radical (unpaired) electrons. The van der Waals surface area contributed by atoms with Gasteiger partial charge in [0.05, 0.1) is 6.04 Å². The van der Waals surface area contributed by atoms with Gasteiger partial charge in [0.1, 0.15) is 0 Å². The van der Waals surface area contributed by atoms with Crippen LogP contribution in [-0.2, 0) is 4.79 Å². The summed E-state index contributed by atoms with van der Waals surface area (Å²) in [5.74, 6) is 0.0158. The first-order valence-electron chi connectivity index (χ1n) is 7.94. The quantitative estimate of drug-likeness (QED) is 0.838. The first-order chi connectivity index (χ1) is 10.6. The number of hydrogen-bond donors (Lipinski definition) is 2. The van der Waals surface area contributed by atoms with E-state index in [1.54, 1.807) is 6.92 Å². The number of nitrogens with one attached hydrogen (secondary N) is 2. The van der Waals surface area contributed by atoms with Crippen molar-refractivity contribution in [3.63, 3.8) is 0 Å². The largest absolute Gasteiger partial charge is 0.356 e. The van der Waals surface area contributed by atoms with Crippen molar-refractivity contribution in [2.45, 2.75) is 45.2 Å².